The molecule has 5 heteroatoms. The number of amides is 1. The Labute approximate surface area is 161 Å². The Bertz CT molecular complexity index is 752. The molecule has 1 atom stereocenters. The fourth-order valence-electron chi connectivity index (χ4n) is 3.10. The van der Waals surface area contributed by atoms with Crippen LogP contribution in [0.3, 0.4) is 0 Å². The maximum Gasteiger partial charge on any atom is 0.265 e. The highest BCUT2D eigenvalue weighted by Gasteiger charge is 2.18. The summed E-state index contributed by atoms with van der Waals surface area (Å²) in [6, 6.07) is 15.2. The number of rotatable bonds is 6. The molecule has 0 spiro atoms. The number of ether oxygens (including phenoxy) is 2. The van der Waals surface area contributed by atoms with Crippen LogP contribution in [0.2, 0.25) is 0 Å². The topological polar surface area (TPSA) is 50.8 Å². The van der Waals surface area contributed by atoms with Gasteiger partial charge < -0.3 is 19.7 Å². The molecule has 1 aliphatic rings. The minimum Gasteiger partial charge on any atom is -0.490 e. The molecule has 5 nitrogen and oxygen atoms in total. The Morgan fingerprint density at radius 1 is 1.11 bits per heavy atom. The Balaban J connectivity index is 1.50. The summed E-state index contributed by atoms with van der Waals surface area (Å²) in [5.74, 6) is 1.35. The van der Waals surface area contributed by atoms with Crippen molar-refractivity contribution in [2.45, 2.75) is 38.9 Å². The van der Waals surface area contributed by atoms with Gasteiger partial charge in [0.05, 0.1) is 0 Å². The van der Waals surface area contributed by atoms with Crippen molar-refractivity contribution in [3.05, 3.63) is 54.1 Å². The molecular weight excluding hydrogens is 340 g/mol. The number of nitrogens with zero attached hydrogens (tertiary/aromatic N) is 1. The second kappa shape index (κ2) is 8.91. The van der Waals surface area contributed by atoms with Crippen LogP contribution in [-0.2, 0) is 4.79 Å². The molecule has 1 N–H and O–H groups in total. The number of anilines is 1. The lowest BCUT2D eigenvalue weighted by molar-refractivity contribution is -0.122. The van der Waals surface area contributed by atoms with E-state index in [1.54, 1.807) is 6.92 Å². The van der Waals surface area contributed by atoms with Crippen LogP contribution in [0.15, 0.2) is 48.5 Å². The summed E-state index contributed by atoms with van der Waals surface area (Å²) in [6.45, 7) is 5.87. The van der Waals surface area contributed by atoms with Gasteiger partial charge in [-0.05, 0) is 75.7 Å². The molecule has 1 fully saturated rings. The number of carbonyl (C=O) groups is 1. The van der Waals surface area contributed by atoms with E-state index < -0.39 is 6.10 Å². The van der Waals surface area contributed by atoms with Crippen molar-refractivity contribution in [2.24, 2.45) is 0 Å². The molecule has 0 unspecified atom stereocenters. The monoisotopic (exact) mass is 368 g/mol. The van der Waals surface area contributed by atoms with Crippen LogP contribution in [0.1, 0.15) is 25.3 Å². The van der Waals surface area contributed by atoms with Crippen molar-refractivity contribution in [3.8, 4) is 11.5 Å². The highest BCUT2D eigenvalue weighted by Crippen LogP contribution is 2.21. The first kappa shape index (κ1) is 19.2. The fourth-order valence-corrected chi connectivity index (χ4v) is 3.10. The maximum atomic E-state index is 12.4. The second-order valence-corrected chi connectivity index (χ2v) is 7.21. The van der Waals surface area contributed by atoms with Crippen LogP contribution in [-0.4, -0.2) is 43.2 Å². The van der Waals surface area contributed by atoms with E-state index in [2.05, 4.69) is 17.3 Å². The van der Waals surface area contributed by atoms with Crippen LogP contribution in [0, 0.1) is 6.92 Å². The number of hydrogen-bond donors (Lipinski definition) is 1. The summed E-state index contributed by atoms with van der Waals surface area (Å²) in [6.07, 6.45) is 1.78. The van der Waals surface area contributed by atoms with Crippen LogP contribution < -0.4 is 14.8 Å². The summed E-state index contributed by atoms with van der Waals surface area (Å²) in [5.41, 5.74) is 1.83. The highest BCUT2D eigenvalue weighted by atomic mass is 16.5. The average Bonchev–Trinajstić information content (AvgIpc) is 2.65. The molecule has 3 rings (SSSR count). The van der Waals surface area contributed by atoms with E-state index in [-0.39, 0.29) is 12.0 Å². The van der Waals surface area contributed by atoms with E-state index >= 15 is 0 Å². The lowest BCUT2D eigenvalue weighted by Gasteiger charge is -2.29. The quantitative estimate of drug-likeness (QED) is 0.841. The van der Waals surface area contributed by atoms with Gasteiger partial charge in [0.25, 0.3) is 5.91 Å². The number of piperidine rings is 1. The molecule has 1 saturated heterocycles. The third-order valence-electron chi connectivity index (χ3n) is 4.76. The minimum absolute atomic E-state index is 0.180. The molecule has 0 saturated carbocycles. The molecule has 27 heavy (non-hydrogen) atoms. The van der Waals surface area contributed by atoms with Crippen molar-refractivity contribution >= 4 is 11.6 Å². The molecule has 0 aliphatic carbocycles. The van der Waals surface area contributed by atoms with Crippen LogP contribution in [0.5, 0.6) is 11.5 Å². The van der Waals surface area contributed by atoms with Crippen molar-refractivity contribution in [3.63, 3.8) is 0 Å². The summed E-state index contributed by atoms with van der Waals surface area (Å²) < 4.78 is 11.8. The van der Waals surface area contributed by atoms with Crippen molar-refractivity contribution < 1.29 is 14.3 Å². The third kappa shape index (κ3) is 5.73. The van der Waals surface area contributed by atoms with Gasteiger partial charge in [0.2, 0.25) is 0 Å². The lowest BCUT2D eigenvalue weighted by Crippen LogP contribution is -2.35. The minimum atomic E-state index is -0.582. The molecule has 0 radical (unpaired) electrons. The standard InChI is InChI=1S/C22H28N2O3/c1-16-5-4-6-21(15-16)26-17(2)22(25)23-18-7-9-19(10-8-18)27-20-11-13-24(3)14-12-20/h4-10,15,17,20H,11-14H2,1-3H3,(H,23,25)/t17-/m1/s1. The Morgan fingerprint density at radius 2 is 1.81 bits per heavy atom. The number of nitrogens with one attached hydrogen (secondary N) is 1. The molecule has 1 amide bonds. The zero-order chi connectivity index (χ0) is 19.2. The summed E-state index contributed by atoms with van der Waals surface area (Å²) in [7, 11) is 2.14. The van der Waals surface area contributed by atoms with Crippen LogP contribution >= 0.6 is 0 Å². The van der Waals surface area contributed by atoms with E-state index in [0.29, 0.717) is 5.75 Å². The first-order chi connectivity index (χ1) is 13.0. The van der Waals surface area contributed by atoms with Gasteiger partial charge in [-0.1, -0.05) is 12.1 Å². The van der Waals surface area contributed by atoms with E-state index in [0.717, 1.165) is 42.9 Å². The van der Waals surface area contributed by atoms with E-state index in [1.807, 2.05) is 55.5 Å². The number of benzene rings is 2. The van der Waals surface area contributed by atoms with E-state index in [1.165, 1.54) is 0 Å². The first-order valence-electron chi connectivity index (χ1n) is 9.49. The zero-order valence-electron chi connectivity index (χ0n) is 16.3. The molecule has 2 aromatic rings. The average molecular weight is 368 g/mol. The number of hydrogen-bond acceptors (Lipinski definition) is 4. The van der Waals surface area contributed by atoms with Crippen molar-refractivity contribution in [1.82, 2.24) is 4.90 Å². The Kier molecular flexibility index (Phi) is 6.35. The molecule has 144 valence electrons. The van der Waals surface area contributed by atoms with E-state index in [4.69, 9.17) is 9.47 Å². The smallest absolute Gasteiger partial charge is 0.265 e. The largest absolute Gasteiger partial charge is 0.490 e. The van der Waals surface area contributed by atoms with Crippen LogP contribution in [0.4, 0.5) is 5.69 Å². The first-order valence-corrected chi connectivity index (χ1v) is 9.49. The Hall–Kier alpha value is -2.53. The van der Waals surface area contributed by atoms with Crippen molar-refractivity contribution in [1.29, 1.82) is 0 Å². The predicted octanol–water partition coefficient (Wildman–Crippen LogP) is 3.87. The number of likely N-dealkylation sites (tertiary alicyclic amines) is 1. The molecule has 1 heterocycles. The molecule has 0 bridgehead atoms. The predicted molar refractivity (Wildman–Crippen MR) is 107 cm³/mol. The Morgan fingerprint density at radius 3 is 2.48 bits per heavy atom. The van der Waals surface area contributed by atoms with Gasteiger partial charge in [-0.2, -0.15) is 0 Å². The van der Waals surface area contributed by atoms with Gasteiger partial charge >= 0.3 is 0 Å². The van der Waals surface area contributed by atoms with Gasteiger partial charge in [-0.25, -0.2) is 0 Å². The molecule has 2 aromatic carbocycles. The van der Waals surface area contributed by atoms with Gasteiger partial charge in [0.1, 0.15) is 17.6 Å². The highest BCUT2D eigenvalue weighted by molar-refractivity contribution is 5.94. The third-order valence-corrected chi connectivity index (χ3v) is 4.76. The van der Waals surface area contributed by atoms with E-state index in [9.17, 15) is 4.79 Å². The number of aryl methyl sites for hydroxylation is 1. The fraction of sp³-hybridized carbons (Fsp3) is 0.409. The number of carbonyl (C=O) groups excluding carboxylic acids is 1. The summed E-state index contributed by atoms with van der Waals surface area (Å²) >= 11 is 0. The molecular formula is C22H28N2O3. The summed E-state index contributed by atoms with van der Waals surface area (Å²) in [5, 5.41) is 2.89. The van der Waals surface area contributed by atoms with Gasteiger partial charge in [-0.15, -0.1) is 0 Å². The zero-order valence-corrected chi connectivity index (χ0v) is 16.3. The molecule has 0 aromatic heterocycles. The van der Waals surface area contributed by atoms with Gasteiger partial charge in [-0.3, -0.25) is 4.79 Å². The lowest BCUT2D eigenvalue weighted by atomic mass is 10.1. The van der Waals surface area contributed by atoms with Gasteiger partial charge in [0, 0.05) is 18.8 Å². The van der Waals surface area contributed by atoms with Gasteiger partial charge in [0.15, 0.2) is 6.10 Å². The normalized spacial score (nSPS) is 16.6. The maximum absolute atomic E-state index is 12.4. The molecule has 1 aliphatic heterocycles. The van der Waals surface area contributed by atoms with Crippen LogP contribution in [0.25, 0.3) is 0 Å². The SMILES string of the molecule is Cc1cccc(O[C@H](C)C(=O)Nc2ccc(OC3CCN(C)CC3)cc2)c1. The van der Waals surface area contributed by atoms with Crippen molar-refractivity contribution in [2.75, 3.05) is 25.5 Å². The summed E-state index contributed by atoms with van der Waals surface area (Å²) in [4.78, 5) is 14.7. The second-order valence-electron chi connectivity index (χ2n) is 7.21.